The summed E-state index contributed by atoms with van der Waals surface area (Å²) in [5.74, 6) is 2.56. The van der Waals surface area contributed by atoms with Gasteiger partial charge in [-0.15, -0.1) is 0 Å². The fourth-order valence-corrected chi connectivity index (χ4v) is 6.01. The number of aromatic nitrogens is 1. The SMILES string of the molecule is CCc1c(N(CC)C2CCSCC2)cc2occc2c1C(=O)NCc1c(OC)cc(C)[nH]c1=O. The van der Waals surface area contributed by atoms with Crippen molar-refractivity contribution < 1.29 is 13.9 Å². The summed E-state index contributed by atoms with van der Waals surface area (Å²) >= 11 is 2.01. The molecule has 0 atom stereocenters. The highest BCUT2D eigenvalue weighted by Gasteiger charge is 2.27. The van der Waals surface area contributed by atoms with Crippen LogP contribution in [0.4, 0.5) is 5.69 Å². The number of methoxy groups -OCH3 is 1. The van der Waals surface area contributed by atoms with Crippen LogP contribution in [-0.4, -0.2) is 42.1 Å². The zero-order valence-electron chi connectivity index (χ0n) is 20.3. The number of benzene rings is 1. The third kappa shape index (κ3) is 4.69. The Morgan fingerprint density at radius 3 is 2.71 bits per heavy atom. The highest BCUT2D eigenvalue weighted by atomic mass is 32.2. The molecule has 2 aromatic heterocycles. The van der Waals surface area contributed by atoms with Crippen molar-refractivity contribution in [3.63, 3.8) is 0 Å². The third-order valence-corrected chi connectivity index (χ3v) is 7.63. The molecule has 1 amide bonds. The number of H-pyrrole nitrogens is 1. The summed E-state index contributed by atoms with van der Waals surface area (Å²) in [4.78, 5) is 31.3. The van der Waals surface area contributed by atoms with Crippen molar-refractivity contribution in [2.45, 2.75) is 52.6 Å². The minimum absolute atomic E-state index is 0.0711. The minimum atomic E-state index is -0.262. The van der Waals surface area contributed by atoms with Crippen LogP contribution in [0.15, 0.2) is 33.7 Å². The lowest BCUT2D eigenvalue weighted by Gasteiger charge is -2.37. The molecule has 7 nitrogen and oxygen atoms in total. The van der Waals surface area contributed by atoms with E-state index in [0.717, 1.165) is 47.5 Å². The lowest BCUT2D eigenvalue weighted by molar-refractivity contribution is 0.0951. The Balaban J connectivity index is 1.73. The predicted molar refractivity (Wildman–Crippen MR) is 138 cm³/mol. The quantitative estimate of drug-likeness (QED) is 0.485. The van der Waals surface area contributed by atoms with Gasteiger partial charge in [0.2, 0.25) is 0 Å². The first-order valence-electron chi connectivity index (χ1n) is 11.9. The van der Waals surface area contributed by atoms with Crippen molar-refractivity contribution in [1.29, 1.82) is 0 Å². The molecule has 1 aromatic carbocycles. The van der Waals surface area contributed by atoms with E-state index in [4.69, 9.17) is 9.15 Å². The van der Waals surface area contributed by atoms with Crippen LogP contribution in [0.25, 0.3) is 11.0 Å². The highest BCUT2D eigenvalue weighted by Crippen LogP contribution is 2.36. The van der Waals surface area contributed by atoms with Crippen molar-refractivity contribution in [1.82, 2.24) is 10.3 Å². The molecular weight excluding hydrogens is 450 g/mol. The van der Waals surface area contributed by atoms with Crippen LogP contribution in [-0.2, 0) is 13.0 Å². The number of carbonyl (C=O) groups excluding carboxylic acids is 1. The van der Waals surface area contributed by atoms with Crippen molar-refractivity contribution in [3.05, 3.63) is 57.2 Å². The van der Waals surface area contributed by atoms with Gasteiger partial charge in [0.1, 0.15) is 11.3 Å². The topological polar surface area (TPSA) is 87.6 Å². The van der Waals surface area contributed by atoms with E-state index in [1.165, 1.54) is 7.11 Å². The standard InChI is InChI=1S/C26H33N3O4S/c1-5-18-21(29(6-2)17-8-11-34-12-9-17)14-23-19(7-10-33-23)24(18)26(31)27-15-20-22(32-4)13-16(3)28-25(20)30/h7,10,13-14,17H,5-6,8-9,11-12,15H2,1-4H3,(H,27,31)(H,28,30). The van der Waals surface area contributed by atoms with Gasteiger partial charge in [-0.25, -0.2) is 0 Å². The molecule has 0 radical (unpaired) electrons. The number of carbonyl (C=O) groups is 1. The van der Waals surface area contributed by atoms with Crippen LogP contribution >= 0.6 is 11.8 Å². The zero-order valence-corrected chi connectivity index (χ0v) is 21.1. The molecule has 8 heteroatoms. The zero-order chi connectivity index (χ0) is 24.2. The number of amides is 1. The fraction of sp³-hybridized carbons (Fsp3) is 0.462. The van der Waals surface area contributed by atoms with Crippen LogP contribution in [0.3, 0.4) is 0 Å². The molecule has 0 aliphatic carbocycles. The Morgan fingerprint density at radius 2 is 2.03 bits per heavy atom. The molecule has 0 unspecified atom stereocenters. The van der Waals surface area contributed by atoms with E-state index < -0.39 is 0 Å². The van der Waals surface area contributed by atoms with E-state index in [0.29, 0.717) is 40.6 Å². The Hall–Kier alpha value is -2.87. The second-order valence-corrected chi connectivity index (χ2v) is 9.80. The first-order valence-corrected chi connectivity index (χ1v) is 13.1. The Kier molecular flexibility index (Phi) is 7.56. The van der Waals surface area contributed by atoms with E-state index in [-0.39, 0.29) is 18.0 Å². The average Bonchev–Trinajstić information content (AvgIpc) is 3.31. The van der Waals surface area contributed by atoms with Gasteiger partial charge in [0.05, 0.1) is 31.0 Å². The predicted octanol–water partition coefficient (Wildman–Crippen LogP) is 4.65. The number of hydrogen-bond donors (Lipinski definition) is 2. The number of thioether (sulfide) groups is 1. The molecule has 2 N–H and O–H groups in total. The molecule has 0 spiro atoms. The minimum Gasteiger partial charge on any atom is -0.496 e. The van der Waals surface area contributed by atoms with Gasteiger partial charge in [0, 0.05) is 35.4 Å². The van der Waals surface area contributed by atoms with E-state index in [2.05, 4.69) is 35.1 Å². The second-order valence-electron chi connectivity index (χ2n) is 8.58. The van der Waals surface area contributed by atoms with Crippen molar-refractivity contribution >= 4 is 34.3 Å². The maximum atomic E-state index is 13.6. The van der Waals surface area contributed by atoms with Crippen LogP contribution in [0.1, 0.15) is 53.9 Å². The normalized spacial score (nSPS) is 14.4. The number of rotatable bonds is 8. The van der Waals surface area contributed by atoms with Gasteiger partial charge in [0.25, 0.3) is 11.5 Å². The molecule has 1 saturated heterocycles. The molecule has 0 saturated carbocycles. The number of nitrogens with zero attached hydrogens (tertiary/aromatic N) is 1. The Bertz CT molecular complexity index is 1230. The van der Waals surface area contributed by atoms with Crippen molar-refractivity contribution in [2.75, 3.05) is 30.1 Å². The number of aromatic amines is 1. The highest BCUT2D eigenvalue weighted by molar-refractivity contribution is 7.99. The first-order chi connectivity index (χ1) is 16.5. The number of furan rings is 1. The number of ether oxygens (including phenoxy) is 1. The monoisotopic (exact) mass is 483 g/mol. The largest absolute Gasteiger partial charge is 0.496 e. The summed E-state index contributed by atoms with van der Waals surface area (Å²) in [5.41, 5.74) is 4.24. The molecule has 4 rings (SSSR count). The summed E-state index contributed by atoms with van der Waals surface area (Å²) in [6.45, 7) is 6.99. The van der Waals surface area contributed by atoms with E-state index in [9.17, 15) is 9.59 Å². The summed E-state index contributed by atoms with van der Waals surface area (Å²) in [5, 5.41) is 3.76. The van der Waals surface area contributed by atoms with Gasteiger partial charge in [-0.3, -0.25) is 9.59 Å². The number of fused-ring (bicyclic) bond motifs is 1. The Morgan fingerprint density at radius 1 is 1.26 bits per heavy atom. The lowest BCUT2D eigenvalue weighted by Crippen LogP contribution is -2.39. The Labute approximate surface area is 204 Å². The van der Waals surface area contributed by atoms with Gasteiger partial charge in [-0.05, 0) is 62.3 Å². The number of pyridine rings is 1. The number of anilines is 1. The maximum Gasteiger partial charge on any atom is 0.256 e. The molecular formula is C26H33N3O4S. The number of nitrogens with one attached hydrogen (secondary N) is 2. The summed E-state index contributed by atoms with van der Waals surface area (Å²) < 4.78 is 11.2. The van der Waals surface area contributed by atoms with Crippen LogP contribution in [0.5, 0.6) is 5.75 Å². The van der Waals surface area contributed by atoms with Crippen molar-refractivity contribution in [2.24, 2.45) is 0 Å². The third-order valence-electron chi connectivity index (χ3n) is 6.58. The van der Waals surface area contributed by atoms with E-state index in [1.54, 1.807) is 19.3 Å². The van der Waals surface area contributed by atoms with Crippen LogP contribution in [0, 0.1) is 6.92 Å². The molecule has 182 valence electrons. The molecule has 1 fully saturated rings. The van der Waals surface area contributed by atoms with Crippen molar-refractivity contribution in [3.8, 4) is 5.75 Å². The van der Waals surface area contributed by atoms with Crippen LogP contribution < -0.4 is 20.5 Å². The second kappa shape index (κ2) is 10.6. The molecule has 1 aliphatic heterocycles. The van der Waals surface area contributed by atoms with Gasteiger partial charge in [-0.2, -0.15) is 11.8 Å². The summed E-state index contributed by atoms with van der Waals surface area (Å²) in [7, 11) is 1.52. The summed E-state index contributed by atoms with van der Waals surface area (Å²) in [6, 6.07) is 6.15. The molecule has 34 heavy (non-hydrogen) atoms. The molecule has 3 heterocycles. The average molecular weight is 484 g/mol. The van der Waals surface area contributed by atoms with Gasteiger partial charge >= 0.3 is 0 Å². The lowest BCUT2D eigenvalue weighted by atomic mass is 9.96. The smallest absolute Gasteiger partial charge is 0.256 e. The van der Waals surface area contributed by atoms with Gasteiger partial charge < -0.3 is 24.4 Å². The number of hydrogen-bond acceptors (Lipinski definition) is 6. The molecule has 1 aliphatic rings. The molecule has 3 aromatic rings. The van der Waals surface area contributed by atoms with E-state index in [1.807, 2.05) is 17.8 Å². The number of aryl methyl sites for hydroxylation is 1. The van der Waals surface area contributed by atoms with E-state index >= 15 is 0 Å². The van der Waals surface area contributed by atoms with Crippen LogP contribution in [0.2, 0.25) is 0 Å². The fourth-order valence-electron chi connectivity index (χ4n) is 4.93. The first kappa shape index (κ1) is 24.3. The maximum absolute atomic E-state index is 13.6. The molecule has 0 bridgehead atoms. The van der Waals surface area contributed by atoms with Gasteiger partial charge in [-0.1, -0.05) is 6.92 Å². The summed E-state index contributed by atoms with van der Waals surface area (Å²) in [6.07, 6.45) is 4.61. The van der Waals surface area contributed by atoms with Gasteiger partial charge in [0.15, 0.2) is 0 Å².